The van der Waals surface area contributed by atoms with Gasteiger partial charge < -0.3 is 4.90 Å². The van der Waals surface area contributed by atoms with E-state index in [0.717, 1.165) is 0 Å². The van der Waals surface area contributed by atoms with E-state index < -0.39 is 0 Å². The zero-order valence-corrected chi connectivity index (χ0v) is 5.70. The fourth-order valence-electron chi connectivity index (χ4n) is 0.231. The molecule has 0 radical (unpaired) electrons. The lowest BCUT2D eigenvalue weighted by Crippen LogP contribution is -2.06. The highest BCUT2D eigenvalue weighted by molar-refractivity contribution is 5.85. The molecule has 0 aliphatic carbocycles. The van der Waals surface area contributed by atoms with Crippen LogP contribution in [0, 0.1) is 0 Å². The van der Waals surface area contributed by atoms with Crippen molar-refractivity contribution in [2.45, 2.75) is 0 Å². The number of aliphatic imine (C=N–C) groups is 1. The van der Waals surface area contributed by atoms with Crippen LogP contribution in [0.5, 0.6) is 0 Å². The van der Waals surface area contributed by atoms with Crippen LogP contribution < -0.4 is 0 Å². The maximum absolute atomic E-state index is 3.74. The lowest BCUT2D eigenvalue weighted by molar-refractivity contribution is 0.642. The van der Waals surface area contributed by atoms with Gasteiger partial charge in [-0.15, -0.1) is 12.4 Å². The largest absolute Gasteiger partial charge is 0.369 e. The predicted octanol–water partition coefficient (Wildman–Crippen LogP) is 0.628. The molecule has 0 aliphatic heterocycles. The molecule has 0 rings (SSSR count). The van der Waals surface area contributed by atoms with E-state index in [9.17, 15) is 0 Å². The van der Waals surface area contributed by atoms with E-state index in [2.05, 4.69) is 4.99 Å². The topological polar surface area (TPSA) is 15.6 Å². The van der Waals surface area contributed by atoms with Crippen molar-refractivity contribution in [2.24, 2.45) is 4.99 Å². The summed E-state index contributed by atoms with van der Waals surface area (Å²) < 4.78 is 0. The van der Waals surface area contributed by atoms with Gasteiger partial charge in [-0.25, -0.2) is 0 Å². The van der Waals surface area contributed by atoms with E-state index in [1.165, 1.54) is 0 Å². The van der Waals surface area contributed by atoms with Gasteiger partial charge in [-0.2, -0.15) is 0 Å². The lowest BCUT2D eigenvalue weighted by atomic mass is 10.9. The SMILES string of the molecule is CN=CN(C)C.Cl. The standard InChI is InChI=1S/C4H10N2.ClH/c1-5-4-6(2)3;/h4H,1-3H3;1H. The van der Waals surface area contributed by atoms with Gasteiger partial charge in [-0.1, -0.05) is 0 Å². The van der Waals surface area contributed by atoms with E-state index >= 15 is 0 Å². The van der Waals surface area contributed by atoms with Crippen molar-refractivity contribution in [3.05, 3.63) is 0 Å². The van der Waals surface area contributed by atoms with Crippen LogP contribution in [0.15, 0.2) is 4.99 Å². The number of halogens is 1. The Balaban J connectivity index is 0. The van der Waals surface area contributed by atoms with Gasteiger partial charge in [0, 0.05) is 21.1 Å². The Morgan fingerprint density at radius 1 is 1.43 bits per heavy atom. The molecule has 0 aliphatic rings. The zero-order valence-electron chi connectivity index (χ0n) is 4.88. The third-order valence-electron chi connectivity index (χ3n) is 0.346. The van der Waals surface area contributed by atoms with E-state index in [1.807, 2.05) is 19.0 Å². The van der Waals surface area contributed by atoms with Crippen LogP contribution >= 0.6 is 12.4 Å². The second-order valence-corrected chi connectivity index (χ2v) is 1.34. The van der Waals surface area contributed by atoms with Crippen LogP contribution in [0.25, 0.3) is 0 Å². The summed E-state index contributed by atoms with van der Waals surface area (Å²) in [5.74, 6) is 0. The summed E-state index contributed by atoms with van der Waals surface area (Å²) in [6.07, 6.45) is 1.75. The summed E-state index contributed by atoms with van der Waals surface area (Å²) in [6, 6.07) is 0. The number of hydrogen-bond acceptors (Lipinski definition) is 1. The van der Waals surface area contributed by atoms with Crippen LogP contribution in [0.3, 0.4) is 0 Å². The van der Waals surface area contributed by atoms with Gasteiger partial charge in [-0.05, 0) is 0 Å². The summed E-state index contributed by atoms with van der Waals surface area (Å²) in [5, 5.41) is 0. The van der Waals surface area contributed by atoms with Crippen LogP contribution in [-0.4, -0.2) is 32.4 Å². The minimum Gasteiger partial charge on any atom is -0.369 e. The lowest BCUT2D eigenvalue weighted by Gasteiger charge is -1.98. The van der Waals surface area contributed by atoms with Crippen molar-refractivity contribution >= 4 is 18.7 Å². The number of rotatable bonds is 1. The second-order valence-electron chi connectivity index (χ2n) is 1.34. The Labute approximate surface area is 50.6 Å². The van der Waals surface area contributed by atoms with E-state index in [1.54, 1.807) is 13.4 Å². The molecular weight excluding hydrogens is 112 g/mol. The van der Waals surface area contributed by atoms with Crippen molar-refractivity contribution < 1.29 is 0 Å². The molecule has 0 amide bonds. The van der Waals surface area contributed by atoms with Gasteiger partial charge in [0.05, 0.1) is 6.34 Å². The molecule has 0 atom stereocenters. The van der Waals surface area contributed by atoms with Crippen molar-refractivity contribution in [1.82, 2.24) is 4.90 Å². The first-order valence-corrected chi connectivity index (χ1v) is 1.86. The van der Waals surface area contributed by atoms with Crippen LogP contribution in [0.4, 0.5) is 0 Å². The fourth-order valence-corrected chi connectivity index (χ4v) is 0.231. The molecule has 2 nitrogen and oxygen atoms in total. The third-order valence-corrected chi connectivity index (χ3v) is 0.346. The highest BCUT2D eigenvalue weighted by Gasteiger charge is 1.67. The summed E-state index contributed by atoms with van der Waals surface area (Å²) in [6.45, 7) is 0. The molecule has 44 valence electrons. The molecule has 0 bridgehead atoms. The zero-order chi connectivity index (χ0) is 4.99. The van der Waals surface area contributed by atoms with E-state index in [0.29, 0.717) is 0 Å². The molecular formula is C4H11ClN2. The molecule has 0 N–H and O–H groups in total. The fraction of sp³-hybridized carbons (Fsp3) is 0.750. The first-order chi connectivity index (χ1) is 2.77. The molecule has 0 saturated heterocycles. The monoisotopic (exact) mass is 122 g/mol. The minimum atomic E-state index is 0. The Bertz CT molecular complexity index is 51.7. The van der Waals surface area contributed by atoms with Crippen molar-refractivity contribution in [3.8, 4) is 0 Å². The highest BCUT2D eigenvalue weighted by atomic mass is 35.5. The van der Waals surface area contributed by atoms with Gasteiger partial charge >= 0.3 is 0 Å². The first-order valence-electron chi connectivity index (χ1n) is 1.86. The average molecular weight is 123 g/mol. The summed E-state index contributed by atoms with van der Waals surface area (Å²) >= 11 is 0. The summed E-state index contributed by atoms with van der Waals surface area (Å²) in [7, 11) is 5.62. The van der Waals surface area contributed by atoms with Crippen LogP contribution in [0.2, 0.25) is 0 Å². The van der Waals surface area contributed by atoms with Crippen molar-refractivity contribution in [2.75, 3.05) is 21.1 Å². The molecule has 0 heterocycles. The predicted molar refractivity (Wildman–Crippen MR) is 35.4 cm³/mol. The molecule has 0 fully saturated rings. The Hall–Kier alpha value is -0.240. The van der Waals surface area contributed by atoms with E-state index in [4.69, 9.17) is 0 Å². The quantitative estimate of drug-likeness (QED) is 0.368. The summed E-state index contributed by atoms with van der Waals surface area (Å²) in [4.78, 5) is 5.62. The maximum atomic E-state index is 3.74. The number of nitrogens with zero attached hydrogens (tertiary/aromatic N) is 2. The molecule has 0 saturated carbocycles. The normalized spacial score (nSPS) is 8.43. The Morgan fingerprint density at radius 2 is 1.86 bits per heavy atom. The third kappa shape index (κ3) is 10.7. The van der Waals surface area contributed by atoms with Crippen LogP contribution in [0.1, 0.15) is 0 Å². The van der Waals surface area contributed by atoms with Crippen molar-refractivity contribution in [1.29, 1.82) is 0 Å². The van der Waals surface area contributed by atoms with Crippen LogP contribution in [-0.2, 0) is 0 Å². The highest BCUT2D eigenvalue weighted by Crippen LogP contribution is 1.59. The smallest absolute Gasteiger partial charge is 0.0841 e. The minimum absolute atomic E-state index is 0. The molecule has 0 aromatic heterocycles. The number of hydrogen-bond donors (Lipinski definition) is 0. The van der Waals surface area contributed by atoms with Gasteiger partial charge in [-0.3, -0.25) is 4.99 Å². The Morgan fingerprint density at radius 3 is 1.86 bits per heavy atom. The average Bonchev–Trinajstić information content (AvgIpc) is 1.35. The second kappa shape index (κ2) is 5.76. The molecule has 0 spiro atoms. The van der Waals surface area contributed by atoms with Gasteiger partial charge in [0.1, 0.15) is 0 Å². The molecule has 3 heteroatoms. The molecule has 7 heavy (non-hydrogen) atoms. The Kier molecular flexibility index (Phi) is 8.15. The molecule has 0 aromatic rings. The van der Waals surface area contributed by atoms with Gasteiger partial charge in [0.25, 0.3) is 0 Å². The van der Waals surface area contributed by atoms with Crippen molar-refractivity contribution in [3.63, 3.8) is 0 Å². The first kappa shape index (κ1) is 9.90. The summed E-state index contributed by atoms with van der Waals surface area (Å²) in [5.41, 5.74) is 0. The molecule has 0 aromatic carbocycles. The van der Waals surface area contributed by atoms with E-state index in [-0.39, 0.29) is 12.4 Å². The molecule has 0 unspecified atom stereocenters. The van der Waals surface area contributed by atoms with Gasteiger partial charge in [0.2, 0.25) is 0 Å². The van der Waals surface area contributed by atoms with Gasteiger partial charge in [0.15, 0.2) is 0 Å². The maximum Gasteiger partial charge on any atom is 0.0841 e.